The fraction of sp³-hybridized carbons (Fsp3) is 0.824. The van der Waals surface area contributed by atoms with Crippen LogP contribution in [0.25, 0.3) is 0 Å². The third-order valence-electron chi connectivity index (χ3n) is 4.66. The molecule has 0 aromatic carbocycles. The molecule has 1 aromatic rings. The SMILES string of the molecule is Cc1nn(C(C)C)c(C)c1NC1CCCN(C(C)C)CC1. The van der Waals surface area contributed by atoms with Gasteiger partial charge in [-0.1, -0.05) is 0 Å². The number of hydrogen-bond donors (Lipinski definition) is 1. The number of nitrogens with one attached hydrogen (secondary N) is 1. The summed E-state index contributed by atoms with van der Waals surface area (Å²) in [5.74, 6) is 0. The van der Waals surface area contributed by atoms with Crippen LogP contribution in [0.2, 0.25) is 0 Å². The van der Waals surface area contributed by atoms with Crippen molar-refractivity contribution < 1.29 is 0 Å². The molecule has 1 N–H and O–H groups in total. The zero-order valence-corrected chi connectivity index (χ0v) is 14.6. The van der Waals surface area contributed by atoms with Gasteiger partial charge in [-0.05, 0) is 67.3 Å². The highest BCUT2D eigenvalue weighted by molar-refractivity contribution is 5.53. The van der Waals surface area contributed by atoms with Crippen LogP contribution in [0.5, 0.6) is 0 Å². The second-order valence-electron chi connectivity index (χ2n) is 6.99. The van der Waals surface area contributed by atoms with Gasteiger partial charge in [-0.15, -0.1) is 0 Å². The first-order chi connectivity index (χ1) is 9.90. The Morgan fingerprint density at radius 1 is 1.05 bits per heavy atom. The summed E-state index contributed by atoms with van der Waals surface area (Å²) < 4.78 is 2.13. The molecule has 0 aliphatic carbocycles. The van der Waals surface area contributed by atoms with Crippen LogP contribution in [0, 0.1) is 13.8 Å². The third-order valence-corrected chi connectivity index (χ3v) is 4.66. The number of rotatable bonds is 4. The molecule has 1 atom stereocenters. The minimum absolute atomic E-state index is 0.421. The van der Waals surface area contributed by atoms with Crippen molar-refractivity contribution in [3.8, 4) is 0 Å². The van der Waals surface area contributed by atoms with Gasteiger partial charge in [0, 0.05) is 24.7 Å². The molecule has 4 heteroatoms. The van der Waals surface area contributed by atoms with Crippen molar-refractivity contribution in [2.75, 3.05) is 18.4 Å². The highest BCUT2D eigenvalue weighted by atomic mass is 15.3. The molecular weight excluding hydrogens is 260 g/mol. The third kappa shape index (κ3) is 3.79. The van der Waals surface area contributed by atoms with Gasteiger partial charge in [0.15, 0.2) is 0 Å². The number of anilines is 1. The van der Waals surface area contributed by atoms with Gasteiger partial charge in [0.25, 0.3) is 0 Å². The number of nitrogens with zero attached hydrogens (tertiary/aromatic N) is 3. The molecule has 2 heterocycles. The second-order valence-corrected chi connectivity index (χ2v) is 6.99. The van der Waals surface area contributed by atoms with Crippen LogP contribution >= 0.6 is 0 Å². The summed E-state index contributed by atoms with van der Waals surface area (Å²) in [5, 5.41) is 8.47. The molecule has 0 radical (unpaired) electrons. The zero-order valence-electron chi connectivity index (χ0n) is 14.6. The van der Waals surface area contributed by atoms with Crippen LogP contribution < -0.4 is 5.32 Å². The zero-order chi connectivity index (χ0) is 15.6. The molecule has 1 fully saturated rings. The summed E-state index contributed by atoms with van der Waals surface area (Å²) in [6.07, 6.45) is 3.77. The van der Waals surface area contributed by atoms with E-state index in [-0.39, 0.29) is 0 Å². The molecule has 2 rings (SSSR count). The van der Waals surface area contributed by atoms with Crippen LogP contribution in [0.4, 0.5) is 5.69 Å². The van der Waals surface area contributed by atoms with Crippen LogP contribution in [-0.2, 0) is 0 Å². The molecule has 1 aliphatic heterocycles. The number of aromatic nitrogens is 2. The first-order valence-corrected chi connectivity index (χ1v) is 8.46. The van der Waals surface area contributed by atoms with Crippen LogP contribution in [0.1, 0.15) is 64.4 Å². The molecular formula is C17H32N4. The van der Waals surface area contributed by atoms with E-state index < -0.39 is 0 Å². The maximum absolute atomic E-state index is 4.69. The fourth-order valence-corrected chi connectivity index (χ4v) is 3.36. The summed E-state index contributed by atoms with van der Waals surface area (Å²) in [5.41, 5.74) is 3.66. The van der Waals surface area contributed by atoms with E-state index in [9.17, 15) is 0 Å². The number of aryl methyl sites for hydroxylation is 1. The number of hydrogen-bond acceptors (Lipinski definition) is 3. The van der Waals surface area contributed by atoms with Crippen molar-refractivity contribution in [1.29, 1.82) is 0 Å². The largest absolute Gasteiger partial charge is 0.379 e. The smallest absolute Gasteiger partial charge is 0.0828 e. The van der Waals surface area contributed by atoms with Gasteiger partial charge in [-0.2, -0.15) is 5.10 Å². The van der Waals surface area contributed by atoms with Crippen LogP contribution in [0.3, 0.4) is 0 Å². The predicted octanol–water partition coefficient (Wildman–Crippen LogP) is 3.76. The average molecular weight is 292 g/mol. The Kier molecular flexibility index (Phi) is 5.31. The normalized spacial score (nSPS) is 21.0. The first-order valence-electron chi connectivity index (χ1n) is 8.46. The maximum atomic E-state index is 4.69. The minimum atomic E-state index is 0.421. The monoisotopic (exact) mass is 292 g/mol. The lowest BCUT2D eigenvalue weighted by Crippen LogP contribution is -2.32. The van der Waals surface area contributed by atoms with Crippen molar-refractivity contribution in [3.05, 3.63) is 11.4 Å². The van der Waals surface area contributed by atoms with E-state index in [0.717, 1.165) is 5.69 Å². The molecule has 0 amide bonds. The van der Waals surface area contributed by atoms with Gasteiger partial charge in [-0.25, -0.2) is 0 Å². The summed E-state index contributed by atoms with van der Waals surface area (Å²) in [6.45, 7) is 15.7. The van der Waals surface area contributed by atoms with Crippen molar-refractivity contribution in [2.45, 2.75) is 78.9 Å². The number of likely N-dealkylation sites (tertiary alicyclic amines) is 1. The Labute approximate surface area is 129 Å². The van der Waals surface area contributed by atoms with Gasteiger partial charge in [0.2, 0.25) is 0 Å². The van der Waals surface area contributed by atoms with Crippen LogP contribution in [0.15, 0.2) is 0 Å². The van der Waals surface area contributed by atoms with E-state index in [2.05, 4.69) is 61.5 Å². The Morgan fingerprint density at radius 2 is 1.76 bits per heavy atom. The lowest BCUT2D eigenvalue weighted by Gasteiger charge is -2.24. The summed E-state index contributed by atoms with van der Waals surface area (Å²) in [7, 11) is 0. The van der Waals surface area contributed by atoms with Crippen molar-refractivity contribution in [1.82, 2.24) is 14.7 Å². The standard InChI is InChI=1S/C17H32N4/c1-12(2)20-10-7-8-16(9-11-20)18-17-14(5)19-21(13(3)4)15(17)6/h12-13,16,18H,7-11H2,1-6H3. The quantitative estimate of drug-likeness (QED) is 0.917. The van der Waals surface area contributed by atoms with Gasteiger partial charge < -0.3 is 10.2 Å². The van der Waals surface area contributed by atoms with Gasteiger partial charge in [0.05, 0.1) is 17.1 Å². The predicted molar refractivity (Wildman–Crippen MR) is 90.1 cm³/mol. The van der Waals surface area contributed by atoms with E-state index in [1.165, 1.54) is 43.7 Å². The van der Waals surface area contributed by atoms with Crippen LogP contribution in [-0.4, -0.2) is 39.9 Å². The maximum Gasteiger partial charge on any atom is 0.0828 e. The topological polar surface area (TPSA) is 33.1 Å². The molecule has 0 bridgehead atoms. The van der Waals surface area contributed by atoms with E-state index in [1.807, 2.05) is 0 Å². The van der Waals surface area contributed by atoms with E-state index in [4.69, 9.17) is 0 Å². The Bertz CT molecular complexity index is 462. The first kappa shape index (κ1) is 16.3. The molecule has 4 nitrogen and oxygen atoms in total. The molecule has 21 heavy (non-hydrogen) atoms. The molecule has 1 aromatic heterocycles. The summed E-state index contributed by atoms with van der Waals surface area (Å²) in [4.78, 5) is 2.60. The lowest BCUT2D eigenvalue weighted by atomic mass is 10.1. The second kappa shape index (κ2) is 6.82. The van der Waals surface area contributed by atoms with Crippen molar-refractivity contribution >= 4 is 5.69 Å². The summed E-state index contributed by atoms with van der Waals surface area (Å²) in [6, 6.07) is 1.66. The minimum Gasteiger partial charge on any atom is -0.379 e. The van der Waals surface area contributed by atoms with E-state index in [1.54, 1.807) is 0 Å². The molecule has 1 saturated heterocycles. The van der Waals surface area contributed by atoms with Gasteiger partial charge in [0.1, 0.15) is 0 Å². The highest BCUT2D eigenvalue weighted by Crippen LogP contribution is 2.25. The van der Waals surface area contributed by atoms with Gasteiger partial charge in [-0.3, -0.25) is 4.68 Å². The van der Waals surface area contributed by atoms with Gasteiger partial charge >= 0.3 is 0 Å². The Hall–Kier alpha value is -1.03. The molecule has 1 aliphatic rings. The molecule has 120 valence electrons. The average Bonchev–Trinajstić information content (AvgIpc) is 2.61. The van der Waals surface area contributed by atoms with E-state index >= 15 is 0 Å². The lowest BCUT2D eigenvalue weighted by molar-refractivity contribution is 0.230. The summed E-state index contributed by atoms with van der Waals surface area (Å²) >= 11 is 0. The Morgan fingerprint density at radius 3 is 2.33 bits per heavy atom. The Balaban J connectivity index is 2.05. The molecule has 0 spiro atoms. The highest BCUT2D eigenvalue weighted by Gasteiger charge is 2.21. The van der Waals surface area contributed by atoms with E-state index in [0.29, 0.717) is 18.1 Å². The molecule has 1 unspecified atom stereocenters. The van der Waals surface area contributed by atoms with Crippen molar-refractivity contribution in [3.63, 3.8) is 0 Å². The molecule has 0 saturated carbocycles. The fourth-order valence-electron chi connectivity index (χ4n) is 3.36. The van der Waals surface area contributed by atoms with Crippen molar-refractivity contribution in [2.24, 2.45) is 0 Å².